The molecule has 21 heavy (non-hydrogen) atoms. The number of hydrogen-bond acceptors (Lipinski definition) is 3. The highest BCUT2D eigenvalue weighted by atomic mass is 32.1. The molecule has 108 valence electrons. The Morgan fingerprint density at radius 2 is 1.86 bits per heavy atom. The van der Waals surface area contributed by atoms with Gasteiger partial charge in [-0.05, 0) is 36.5 Å². The van der Waals surface area contributed by atoms with Crippen LogP contribution in [0.1, 0.15) is 0 Å². The van der Waals surface area contributed by atoms with Gasteiger partial charge in [0, 0.05) is 14.1 Å². The molecule has 1 heterocycles. The van der Waals surface area contributed by atoms with Crippen molar-refractivity contribution in [2.45, 2.75) is 0 Å². The maximum atomic E-state index is 5.52. The zero-order valence-corrected chi connectivity index (χ0v) is 13.1. The average Bonchev–Trinajstić information content (AvgIpc) is 2.82. The number of benzene rings is 2. The van der Waals surface area contributed by atoms with Crippen LogP contribution in [0.5, 0.6) is 5.75 Å². The van der Waals surface area contributed by atoms with E-state index in [9.17, 15) is 0 Å². The fraction of sp³-hybridized carbons (Fsp3) is 0.188. The van der Waals surface area contributed by atoms with Gasteiger partial charge in [-0.3, -0.25) is 4.57 Å². The van der Waals surface area contributed by atoms with Gasteiger partial charge in [-0.1, -0.05) is 18.2 Å². The molecule has 0 radical (unpaired) electrons. The number of imidazole rings is 1. The molecule has 3 rings (SSSR count). The summed E-state index contributed by atoms with van der Waals surface area (Å²) in [4.78, 5) is 5.32. The highest BCUT2D eigenvalue weighted by molar-refractivity contribution is 7.71. The SMILES string of the molecule is COc1cccc2c1[nH]c(=S)n2-c1ccccc1N(C)C. The number of aromatic amines is 1. The van der Waals surface area contributed by atoms with Crippen LogP contribution in [0, 0.1) is 4.77 Å². The quantitative estimate of drug-likeness (QED) is 0.748. The number of rotatable bonds is 3. The molecule has 0 aliphatic heterocycles. The van der Waals surface area contributed by atoms with Crippen LogP contribution >= 0.6 is 12.2 Å². The van der Waals surface area contributed by atoms with Crippen molar-refractivity contribution >= 4 is 28.9 Å². The van der Waals surface area contributed by atoms with Gasteiger partial charge in [-0.2, -0.15) is 0 Å². The predicted molar refractivity (Wildman–Crippen MR) is 89.3 cm³/mol. The van der Waals surface area contributed by atoms with Crippen molar-refractivity contribution in [1.82, 2.24) is 9.55 Å². The number of methoxy groups -OCH3 is 1. The van der Waals surface area contributed by atoms with E-state index in [-0.39, 0.29) is 0 Å². The van der Waals surface area contributed by atoms with Crippen molar-refractivity contribution in [1.29, 1.82) is 0 Å². The van der Waals surface area contributed by atoms with E-state index in [0.717, 1.165) is 28.2 Å². The van der Waals surface area contributed by atoms with Crippen LogP contribution in [-0.2, 0) is 0 Å². The van der Waals surface area contributed by atoms with Crippen molar-refractivity contribution in [3.05, 3.63) is 47.2 Å². The van der Waals surface area contributed by atoms with E-state index in [2.05, 4.69) is 22.0 Å². The minimum atomic E-state index is 0.656. The Bertz CT molecular complexity index is 848. The fourth-order valence-corrected chi connectivity index (χ4v) is 2.84. The van der Waals surface area contributed by atoms with E-state index in [1.165, 1.54) is 0 Å². The first-order chi connectivity index (χ1) is 10.1. The van der Waals surface area contributed by atoms with Gasteiger partial charge in [-0.15, -0.1) is 0 Å². The number of nitrogens with zero attached hydrogens (tertiary/aromatic N) is 2. The number of H-pyrrole nitrogens is 1. The third kappa shape index (κ3) is 2.19. The fourth-order valence-electron chi connectivity index (χ4n) is 2.54. The van der Waals surface area contributed by atoms with E-state index < -0.39 is 0 Å². The molecule has 0 aliphatic rings. The summed E-state index contributed by atoms with van der Waals surface area (Å²) in [5.74, 6) is 0.791. The molecule has 0 saturated carbocycles. The van der Waals surface area contributed by atoms with E-state index in [1.54, 1.807) is 7.11 Å². The van der Waals surface area contributed by atoms with Crippen molar-refractivity contribution in [3.63, 3.8) is 0 Å². The molecular weight excluding hydrogens is 282 g/mol. The Labute approximate surface area is 128 Å². The first kappa shape index (κ1) is 13.7. The van der Waals surface area contributed by atoms with E-state index in [0.29, 0.717) is 4.77 Å². The van der Waals surface area contributed by atoms with Gasteiger partial charge in [0.15, 0.2) is 4.77 Å². The van der Waals surface area contributed by atoms with Crippen LogP contribution in [0.2, 0.25) is 0 Å². The third-order valence-electron chi connectivity index (χ3n) is 3.50. The minimum absolute atomic E-state index is 0.656. The number of fused-ring (bicyclic) bond motifs is 1. The molecule has 3 aromatic rings. The number of hydrogen-bond donors (Lipinski definition) is 1. The summed E-state index contributed by atoms with van der Waals surface area (Å²) in [7, 11) is 5.71. The van der Waals surface area contributed by atoms with Gasteiger partial charge >= 0.3 is 0 Å². The van der Waals surface area contributed by atoms with Crippen molar-refractivity contribution in [3.8, 4) is 11.4 Å². The summed E-state index contributed by atoms with van der Waals surface area (Å²) >= 11 is 5.52. The number of anilines is 1. The molecule has 0 saturated heterocycles. The number of ether oxygens (including phenoxy) is 1. The maximum absolute atomic E-state index is 5.52. The van der Waals surface area contributed by atoms with Crippen molar-refractivity contribution < 1.29 is 4.74 Å². The van der Waals surface area contributed by atoms with Gasteiger partial charge in [0.1, 0.15) is 11.3 Å². The molecule has 4 nitrogen and oxygen atoms in total. The van der Waals surface area contributed by atoms with Crippen molar-refractivity contribution in [2.75, 3.05) is 26.1 Å². The van der Waals surface area contributed by atoms with Crippen LogP contribution in [-0.4, -0.2) is 30.8 Å². The number of aromatic nitrogens is 2. The molecule has 2 aromatic carbocycles. The molecule has 0 atom stereocenters. The lowest BCUT2D eigenvalue weighted by atomic mass is 10.2. The summed E-state index contributed by atoms with van der Waals surface area (Å²) in [6.07, 6.45) is 0. The predicted octanol–water partition coefficient (Wildman–Crippen LogP) is 3.76. The lowest BCUT2D eigenvalue weighted by molar-refractivity contribution is 0.419. The Balaban J connectivity index is 2.37. The lowest BCUT2D eigenvalue weighted by Gasteiger charge is -2.18. The molecule has 0 fully saturated rings. The standard InChI is InChI=1S/C16H17N3OS/c1-18(2)11-7-4-5-8-12(11)19-13-9-6-10-14(20-3)15(13)17-16(19)21/h4-10H,1-3H3,(H,17,21). The monoisotopic (exact) mass is 299 g/mol. The average molecular weight is 299 g/mol. The summed E-state index contributed by atoms with van der Waals surface area (Å²) in [5, 5.41) is 0. The Hall–Kier alpha value is -2.27. The molecule has 5 heteroatoms. The topological polar surface area (TPSA) is 33.2 Å². The van der Waals surface area contributed by atoms with Gasteiger partial charge in [-0.25, -0.2) is 0 Å². The molecule has 1 aromatic heterocycles. The second kappa shape index (κ2) is 5.26. The van der Waals surface area contributed by atoms with Gasteiger partial charge in [0.25, 0.3) is 0 Å². The molecule has 0 amide bonds. The zero-order chi connectivity index (χ0) is 15.0. The molecule has 0 spiro atoms. The van der Waals surface area contributed by atoms with Crippen LogP contribution < -0.4 is 9.64 Å². The van der Waals surface area contributed by atoms with Crippen molar-refractivity contribution in [2.24, 2.45) is 0 Å². The highest BCUT2D eigenvalue weighted by Crippen LogP contribution is 2.30. The van der Waals surface area contributed by atoms with Gasteiger partial charge in [0.2, 0.25) is 0 Å². The summed E-state index contributed by atoms with van der Waals surface area (Å²) < 4.78 is 8.11. The summed E-state index contributed by atoms with van der Waals surface area (Å²) in [6.45, 7) is 0. The Morgan fingerprint density at radius 1 is 1.10 bits per heavy atom. The molecular formula is C16H17N3OS. The number of nitrogens with one attached hydrogen (secondary N) is 1. The first-order valence-corrected chi connectivity index (χ1v) is 7.08. The van der Waals surface area contributed by atoms with Crippen LogP contribution in [0.4, 0.5) is 5.69 Å². The normalized spacial score (nSPS) is 10.8. The van der Waals surface area contributed by atoms with E-state index >= 15 is 0 Å². The molecule has 0 bridgehead atoms. The van der Waals surface area contributed by atoms with Gasteiger partial charge < -0.3 is 14.6 Å². The van der Waals surface area contributed by atoms with Gasteiger partial charge in [0.05, 0.1) is 24.0 Å². The second-order valence-electron chi connectivity index (χ2n) is 5.00. The van der Waals surface area contributed by atoms with E-state index in [4.69, 9.17) is 17.0 Å². The smallest absolute Gasteiger partial charge is 0.182 e. The maximum Gasteiger partial charge on any atom is 0.182 e. The molecule has 0 unspecified atom stereocenters. The van der Waals surface area contributed by atoms with Crippen LogP contribution in [0.15, 0.2) is 42.5 Å². The molecule has 1 N–H and O–H groups in total. The second-order valence-corrected chi connectivity index (χ2v) is 5.39. The largest absolute Gasteiger partial charge is 0.494 e. The van der Waals surface area contributed by atoms with E-state index in [1.807, 2.05) is 49.0 Å². The highest BCUT2D eigenvalue weighted by Gasteiger charge is 2.13. The van der Waals surface area contributed by atoms with Crippen LogP contribution in [0.25, 0.3) is 16.7 Å². The zero-order valence-electron chi connectivity index (χ0n) is 12.3. The Morgan fingerprint density at radius 3 is 2.57 bits per heavy atom. The lowest BCUT2D eigenvalue weighted by Crippen LogP contribution is -2.12. The summed E-state index contributed by atoms with van der Waals surface area (Å²) in [5.41, 5.74) is 4.08. The Kier molecular flexibility index (Phi) is 3.43. The number of para-hydroxylation sites is 3. The molecule has 0 aliphatic carbocycles. The van der Waals surface area contributed by atoms with Crippen LogP contribution in [0.3, 0.4) is 0 Å². The minimum Gasteiger partial charge on any atom is -0.494 e. The first-order valence-electron chi connectivity index (χ1n) is 6.68. The third-order valence-corrected chi connectivity index (χ3v) is 3.79. The summed E-state index contributed by atoms with van der Waals surface area (Å²) in [6, 6.07) is 14.1.